The fraction of sp³-hybridized carbons (Fsp3) is 0.278. The van der Waals surface area contributed by atoms with Gasteiger partial charge in [-0.2, -0.15) is 5.10 Å². The van der Waals surface area contributed by atoms with Gasteiger partial charge in [-0.15, -0.1) is 0 Å². The number of carbonyl (C=O) groups excluding carboxylic acids is 1. The van der Waals surface area contributed by atoms with E-state index >= 15 is 0 Å². The summed E-state index contributed by atoms with van der Waals surface area (Å²) in [5.74, 6) is -0.697. The molecule has 0 aliphatic rings. The summed E-state index contributed by atoms with van der Waals surface area (Å²) in [4.78, 5) is 16.8. The molecule has 0 unspecified atom stereocenters. The molecule has 3 aromatic rings. The Labute approximate surface area is 139 Å². The molecular formula is C18H19FN4O. The average Bonchev–Trinajstić information content (AvgIpc) is 2.97. The van der Waals surface area contributed by atoms with Crippen molar-refractivity contribution in [1.82, 2.24) is 19.9 Å². The van der Waals surface area contributed by atoms with Crippen molar-refractivity contribution < 1.29 is 9.18 Å². The Bertz CT molecular complexity index is 895. The lowest BCUT2D eigenvalue weighted by atomic mass is 9.93. The van der Waals surface area contributed by atoms with E-state index in [1.807, 2.05) is 6.20 Å². The van der Waals surface area contributed by atoms with Crippen LogP contribution in [0.25, 0.3) is 5.65 Å². The molecule has 1 amide bonds. The maximum absolute atomic E-state index is 13.6. The van der Waals surface area contributed by atoms with Crippen LogP contribution in [0.5, 0.6) is 0 Å². The molecule has 0 fully saturated rings. The number of nitrogens with one attached hydrogen (secondary N) is 1. The number of halogens is 1. The summed E-state index contributed by atoms with van der Waals surface area (Å²) in [6, 6.07) is 9.71. The first-order chi connectivity index (χ1) is 11.3. The summed E-state index contributed by atoms with van der Waals surface area (Å²) in [5, 5.41) is 6.98. The summed E-state index contributed by atoms with van der Waals surface area (Å²) in [6.07, 6.45) is 1.82. The van der Waals surface area contributed by atoms with Crippen molar-refractivity contribution in [1.29, 1.82) is 0 Å². The van der Waals surface area contributed by atoms with Crippen molar-refractivity contribution in [2.24, 2.45) is 0 Å². The van der Waals surface area contributed by atoms with Crippen LogP contribution in [0.2, 0.25) is 0 Å². The topological polar surface area (TPSA) is 59.3 Å². The molecule has 5 nitrogen and oxygen atoms in total. The molecule has 0 saturated heterocycles. The molecule has 0 bridgehead atoms. The van der Waals surface area contributed by atoms with E-state index in [0.29, 0.717) is 11.2 Å². The zero-order chi connectivity index (χ0) is 17.3. The maximum Gasteiger partial charge on any atom is 0.272 e. The molecule has 24 heavy (non-hydrogen) atoms. The first-order valence-corrected chi connectivity index (χ1v) is 7.73. The van der Waals surface area contributed by atoms with E-state index in [9.17, 15) is 9.18 Å². The van der Waals surface area contributed by atoms with Gasteiger partial charge in [0, 0.05) is 17.5 Å². The minimum Gasteiger partial charge on any atom is -0.346 e. The van der Waals surface area contributed by atoms with Crippen LogP contribution in [0.4, 0.5) is 4.39 Å². The molecule has 0 aliphatic carbocycles. The second-order valence-electron chi connectivity index (χ2n) is 6.67. The highest BCUT2D eigenvalue weighted by molar-refractivity contribution is 5.92. The molecule has 0 spiro atoms. The summed E-state index contributed by atoms with van der Waals surface area (Å²) >= 11 is 0. The number of amides is 1. The van der Waals surface area contributed by atoms with Crippen molar-refractivity contribution in [3.63, 3.8) is 0 Å². The van der Waals surface area contributed by atoms with Gasteiger partial charge in [0.15, 0.2) is 5.65 Å². The molecular weight excluding hydrogens is 307 g/mol. The first-order valence-electron chi connectivity index (χ1n) is 7.73. The van der Waals surface area contributed by atoms with Crippen LogP contribution in [-0.2, 0) is 12.0 Å². The average molecular weight is 326 g/mol. The lowest BCUT2D eigenvalue weighted by Gasteiger charge is -2.13. The van der Waals surface area contributed by atoms with E-state index in [1.165, 1.54) is 6.07 Å². The Kier molecular flexibility index (Phi) is 4.05. The van der Waals surface area contributed by atoms with Crippen LogP contribution in [0.3, 0.4) is 0 Å². The Morgan fingerprint density at radius 1 is 1.21 bits per heavy atom. The van der Waals surface area contributed by atoms with Crippen LogP contribution >= 0.6 is 0 Å². The van der Waals surface area contributed by atoms with Gasteiger partial charge < -0.3 is 5.32 Å². The van der Waals surface area contributed by atoms with Crippen molar-refractivity contribution in [2.45, 2.75) is 32.7 Å². The summed E-state index contributed by atoms with van der Waals surface area (Å²) in [5.41, 5.74) is 2.19. The van der Waals surface area contributed by atoms with Crippen LogP contribution in [0.15, 0.2) is 42.6 Å². The largest absolute Gasteiger partial charge is 0.346 e. The van der Waals surface area contributed by atoms with Gasteiger partial charge in [-0.05, 0) is 18.2 Å². The highest BCUT2D eigenvalue weighted by atomic mass is 19.1. The van der Waals surface area contributed by atoms with E-state index in [-0.39, 0.29) is 29.4 Å². The fourth-order valence-electron chi connectivity index (χ4n) is 2.27. The van der Waals surface area contributed by atoms with Crippen molar-refractivity contribution in [3.8, 4) is 0 Å². The van der Waals surface area contributed by atoms with Gasteiger partial charge in [0.25, 0.3) is 5.91 Å². The maximum atomic E-state index is 13.6. The first kappa shape index (κ1) is 16.1. The molecule has 124 valence electrons. The summed E-state index contributed by atoms with van der Waals surface area (Å²) < 4.78 is 15.2. The molecule has 1 aromatic carbocycles. The Morgan fingerprint density at radius 2 is 1.96 bits per heavy atom. The number of nitrogens with zero attached hydrogens (tertiary/aromatic N) is 3. The monoisotopic (exact) mass is 326 g/mol. The SMILES string of the molecule is CC(C)(C)c1cn2nc(C(=O)NCc3ccccc3F)ccc2n1. The van der Waals surface area contributed by atoms with E-state index < -0.39 is 0 Å². The second kappa shape index (κ2) is 6.03. The molecule has 6 heteroatoms. The highest BCUT2D eigenvalue weighted by Gasteiger charge is 2.18. The van der Waals surface area contributed by atoms with Crippen LogP contribution < -0.4 is 5.32 Å². The van der Waals surface area contributed by atoms with Gasteiger partial charge in [0.2, 0.25) is 0 Å². The lowest BCUT2D eigenvalue weighted by molar-refractivity contribution is 0.0944. The Morgan fingerprint density at radius 3 is 2.67 bits per heavy atom. The van der Waals surface area contributed by atoms with Gasteiger partial charge in [0.1, 0.15) is 11.5 Å². The van der Waals surface area contributed by atoms with Crippen LogP contribution in [-0.4, -0.2) is 20.5 Å². The molecule has 0 atom stereocenters. The normalized spacial score (nSPS) is 11.7. The molecule has 2 heterocycles. The third-order valence-electron chi connectivity index (χ3n) is 3.72. The summed E-state index contributed by atoms with van der Waals surface area (Å²) in [7, 11) is 0. The molecule has 1 N–H and O–H groups in total. The number of fused-ring (bicyclic) bond motifs is 1. The zero-order valence-corrected chi connectivity index (χ0v) is 13.9. The van der Waals surface area contributed by atoms with Crippen LogP contribution in [0, 0.1) is 5.82 Å². The number of hydrogen-bond acceptors (Lipinski definition) is 3. The number of aromatic nitrogens is 3. The predicted octanol–water partition coefficient (Wildman–Crippen LogP) is 3.10. The molecule has 2 aromatic heterocycles. The van der Waals surface area contributed by atoms with Crippen molar-refractivity contribution in [3.05, 3.63) is 65.4 Å². The predicted molar refractivity (Wildman–Crippen MR) is 89.3 cm³/mol. The van der Waals surface area contributed by atoms with E-state index in [4.69, 9.17) is 0 Å². The highest BCUT2D eigenvalue weighted by Crippen LogP contribution is 2.21. The number of carbonyl (C=O) groups is 1. The fourth-order valence-corrected chi connectivity index (χ4v) is 2.27. The van der Waals surface area contributed by atoms with E-state index in [0.717, 1.165) is 5.69 Å². The lowest BCUT2D eigenvalue weighted by Crippen LogP contribution is -2.24. The Balaban J connectivity index is 1.79. The third-order valence-corrected chi connectivity index (χ3v) is 3.72. The number of benzene rings is 1. The van der Waals surface area contributed by atoms with Gasteiger partial charge in [-0.25, -0.2) is 13.9 Å². The molecule has 0 radical (unpaired) electrons. The van der Waals surface area contributed by atoms with Gasteiger partial charge >= 0.3 is 0 Å². The summed E-state index contributed by atoms with van der Waals surface area (Å²) in [6.45, 7) is 6.31. The Hall–Kier alpha value is -2.76. The van der Waals surface area contributed by atoms with Crippen LogP contribution in [0.1, 0.15) is 42.5 Å². The van der Waals surface area contributed by atoms with E-state index in [2.05, 4.69) is 36.2 Å². The number of imidazole rings is 1. The minimum atomic E-state index is -0.355. The van der Waals surface area contributed by atoms with Gasteiger partial charge in [0.05, 0.1) is 11.9 Å². The zero-order valence-electron chi connectivity index (χ0n) is 13.9. The van der Waals surface area contributed by atoms with E-state index in [1.54, 1.807) is 34.8 Å². The van der Waals surface area contributed by atoms with Crippen molar-refractivity contribution in [2.75, 3.05) is 0 Å². The second-order valence-corrected chi connectivity index (χ2v) is 6.67. The minimum absolute atomic E-state index is 0.0963. The third kappa shape index (κ3) is 3.27. The smallest absolute Gasteiger partial charge is 0.272 e. The van der Waals surface area contributed by atoms with Gasteiger partial charge in [-0.3, -0.25) is 4.79 Å². The molecule has 3 rings (SSSR count). The van der Waals surface area contributed by atoms with Gasteiger partial charge in [-0.1, -0.05) is 39.0 Å². The molecule has 0 saturated carbocycles. The van der Waals surface area contributed by atoms with Crippen molar-refractivity contribution >= 4 is 11.6 Å². The molecule has 0 aliphatic heterocycles. The number of hydrogen-bond donors (Lipinski definition) is 1. The number of rotatable bonds is 3. The quantitative estimate of drug-likeness (QED) is 0.804. The standard InChI is InChI=1S/C18H19FN4O/c1-18(2,3)15-11-23-16(21-15)9-8-14(22-23)17(24)20-10-12-6-4-5-7-13(12)19/h4-9,11H,10H2,1-3H3,(H,20,24).